The minimum atomic E-state index is -4.57. The maximum absolute atomic E-state index is 12.7. The summed E-state index contributed by atoms with van der Waals surface area (Å²) in [7, 11) is 2.93. The normalized spacial score (nSPS) is 11.2. The molecule has 0 bridgehead atoms. The number of amides is 1. The van der Waals surface area contributed by atoms with Crippen LogP contribution >= 0.6 is 0 Å². The van der Waals surface area contributed by atoms with Crippen molar-refractivity contribution >= 4 is 11.6 Å². The highest BCUT2D eigenvalue weighted by molar-refractivity contribution is 5.94. The number of benzene rings is 1. The molecule has 1 amide bonds. The standard InChI is InChI=1S/C10H12F3N3O/c1-16(2)9(17)6-3-4-8(15-14)7(5-6)10(11,12)13/h3-5,15H,14H2,1-2H3. The summed E-state index contributed by atoms with van der Waals surface area (Å²) in [5.41, 5.74) is 0.676. The number of carbonyl (C=O) groups is 1. The number of anilines is 1. The highest BCUT2D eigenvalue weighted by atomic mass is 19.4. The third-order valence-electron chi connectivity index (χ3n) is 2.13. The average Bonchev–Trinajstić information content (AvgIpc) is 2.25. The van der Waals surface area contributed by atoms with Crippen molar-refractivity contribution in [3.05, 3.63) is 29.3 Å². The Morgan fingerprint density at radius 1 is 1.35 bits per heavy atom. The van der Waals surface area contributed by atoms with E-state index in [1.807, 2.05) is 5.43 Å². The highest BCUT2D eigenvalue weighted by Crippen LogP contribution is 2.35. The molecule has 7 heteroatoms. The first-order valence-corrected chi connectivity index (χ1v) is 4.67. The first-order chi connectivity index (χ1) is 7.77. The van der Waals surface area contributed by atoms with Gasteiger partial charge in [-0.15, -0.1) is 0 Å². The van der Waals surface area contributed by atoms with Crippen LogP contribution in [0.15, 0.2) is 18.2 Å². The van der Waals surface area contributed by atoms with E-state index in [0.29, 0.717) is 0 Å². The number of alkyl halides is 3. The molecule has 1 aromatic carbocycles. The summed E-state index contributed by atoms with van der Waals surface area (Å²) in [5.74, 6) is 4.49. The zero-order valence-corrected chi connectivity index (χ0v) is 9.30. The van der Waals surface area contributed by atoms with E-state index in [-0.39, 0.29) is 11.3 Å². The number of rotatable bonds is 2. The van der Waals surface area contributed by atoms with Crippen LogP contribution in [0.1, 0.15) is 15.9 Å². The minimum Gasteiger partial charge on any atom is -0.345 e. The topological polar surface area (TPSA) is 58.4 Å². The number of hydrazine groups is 1. The molecule has 4 nitrogen and oxygen atoms in total. The smallest absolute Gasteiger partial charge is 0.345 e. The lowest BCUT2D eigenvalue weighted by molar-refractivity contribution is -0.137. The Kier molecular flexibility index (Phi) is 3.62. The number of hydrogen-bond acceptors (Lipinski definition) is 3. The predicted molar refractivity (Wildman–Crippen MR) is 57.3 cm³/mol. The van der Waals surface area contributed by atoms with Gasteiger partial charge in [0.15, 0.2) is 0 Å². The summed E-state index contributed by atoms with van der Waals surface area (Å²) < 4.78 is 38.0. The molecule has 0 heterocycles. The van der Waals surface area contributed by atoms with Crippen molar-refractivity contribution in [3.8, 4) is 0 Å². The van der Waals surface area contributed by atoms with Gasteiger partial charge >= 0.3 is 6.18 Å². The molecule has 1 aromatic rings. The van der Waals surface area contributed by atoms with Gasteiger partial charge in [0.2, 0.25) is 0 Å². The molecule has 0 saturated carbocycles. The number of carbonyl (C=O) groups excluding carboxylic acids is 1. The van der Waals surface area contributed by atoms with Crippen LogP contribution in [0.4, 0.5) is 18.9 Å². The lowest BCUT2D eigenvalue weighted by Gasteiger charge is -2.15. The van der Waals surface area contributed by atoms with Gasteiger partial charge in [-0.2, -0.15) is 13.2 Å². The van der Waals surface area contributed by atoms with Crippen molar-refractivity contribution in [3.63, 3.8) is 0 Å². The van der Waals surface area contributed by atoms with Crippen LogP contribution in [0, 0.1) is 0 Å². The monoisotopic (exact) mass is 247 g/mol. The summed E-state index contributed by atoms with van der Waals surface area (Å²) in [6.45, 7) is 0. The molecule has 0 saturated heterocycles. The largest absolute Gasteiger partial charge is 0.418 e. The minimum absolute atomic E-state index is 0.0404. The van der Waals surface area contributed by atoms with Crippen LogP contribution < -0.4 is 11.3 Å². The molecule has 0 aliphatic carbocycles. The Hall–Kier alpha value is -1.76. The maximum atomic E-state index is 12.7. The zero-order chi connectivity index (χ0) is 13.2. The molecule has 0 spiro atoms. The second-order valence-corrected chi connectivity index (χ2v) is 3.60. The van der Waals surface area contributed by atoms with Gasteiger partial charge in [0.05, 0.1) is 11.3 Å². The van der Waals surface area contributed by atoms with Crippen LogP contribution in [0.3, 0.4) is 0 Å². The van der Waals surface area contributed by atoms with Gasteiger partial charge in [-0.05, 0) is 18.2 Å². The molecule has 0 aliphatic heterocycles. The van der Waals surface area contributed by atoms with Gasteiger partial charge in [0.1, 0.15) is 0 Å². The maximum Gasteiger partial charge on any atom is 0.418 e. The lowest BCUT2D eigenvalue weighted by Crippen LogP contribution is -2.23. The molecule has 0 radical (unpaired) electrons. The zero-order valence-electron chi connectivity index (χ0n) is 9.30. The number of nitrogens with one attached hydrogen (secondary N) is 1. The van der Waals surface area contributed by atoms with Crippen LogP contribution in [0.2, 0.25) is 0 Å². The van der Waals surface area contributed by atoms with E-state index in [1.54, 1.807) is 0 Å². The fraction of sp³-hybridized carbons (Fsp3) is 0.300. The van der Waals surface area contributed by atoms with E-state index >= 15 is 0 Å². The van der Waals surface area contributed by atoms with Crippen molar-refractivity contribution in [2.24, 2.45) is 5.84 Å². The second-order valence-electron chi connectivity index (χ2n) is 3.60. The van der Waals surface area contributed by atoms with Crippen molar-refractivity contribution in [2.45, 2.75) is 6.18 Å². The molecule has 1 rings (SSSR count). The fourth-order valence-electron chi connectivity index (χ4n) is 1.30. The van der Waals surface area contributed by atoms with Gasteiger partial charge < -0.3 is 10.3 Å². The number of halogens is 3. The molecule has 0 fully saturated rings. The molecular formula is C10H12F3N3O. The SMILES string of the molecule is CN(C)C(=O)c1ccc(NN)c(C(F)(F)F)c1. The van der Waals surface area contributed by atoms with Crippen LogP contribution in [0.25, 0.3) is 0 Å². The number of nitrogens with two attached hydrogens (primary N) is 1. The third kappa shape index (κ3) is 2.88. The van der Waals surface area contributed by atoms with Crippen LogP contribution in [0.5, 0.6) is 0 Å². The third-order valence-corrected chi connectivity index (χ3v) is 2.13. The summed E-state index contributed by atoms with van der Waals surface area (Å²) >= 11 is 0. The molecule has 17 heavy (non-hydrogen) atoms. The fourth-order valence-corrected chi connectivity index (χ4v) is 1.30. The molecule has 94 valence electrons. The number of nitrogen functional groups attached to an aromatic ring is 1. The van der Waals surface area contributed by atoms with Crippen LogP contribution in [-0.2, 0) is 6.18 Å². The van der Waals surface area contributed by atoms with E-state index in [0.717, 1.165) is 12.1 Å². The molecule has 0 unspecified atom stereocenters. The second kappa shape index (κ2) is 4.62. The van der Waals surface area contributed by atoms with E-state index in [9.17, 15) is 18.0 Å². The van der Waals surface area contributed by atoms with Crippen LogP contribution in [-0.4, -0.2) is 24.9 Å². The summed E-state index contributed by atoms with van der Waals surface area (Å²) in [5, 5.41) is 0. The highest BCUT2D eigenvalue weighted by Gasteiger charge is 2.34. The molecule has 0 aliphatic rings. The van der Waals surface area contributed by atoms with E-state index in [1.165, 1.54) is 25.1 Å². The Bertz CT molecular complexity index is 429. The first kappa shape index (κ1) is 13.3. The molecule has 3 N–H and O–H groups in total. The molecule has 0 aromatic heterocycles. The summed E-state index contributed by atoms with van der Waals surface area (Å²) in [6, 6.07) is 3.18. The first-order valence-electron chi connectivity index (χ1n) is 4.67. The van der Waals surface area contributed by atoms with E-state index in [4.69, 9.17) is 5.84 Å². The van der Waals surface area contributed by atoms with Crippen molar-refractivity contribution in [1.82, 2.24) is 4.90 Å². The summed E-state index contributed by atoms with van der Waals surface area (Å²) in [4.78, 5) is 12.7. The van der Waals surface area contributed by atoms with Gasteiger partial charge in [-0.1, -0.05) is 0 Å². The Morgan fingerprint density at radius 3 is 2.35 bits per heavy atom. The van der Waals surface area contributed by atoms with E-state index in [2.05, 4.69) is 0 Å². The van der Waals surface area contributed by atoms with E-state index < -0.39 is 17.6 Å². The Balaban J connectivity index is 3.28. The van der Waals surface area contributed by atoms with Crippen molar-refractivity contribution < 1.29 is 18.0 Å². The van der Waals surface area contributed by atoms with Gasteiger partial charge in [-0.25, -0.2) is 0 Å². The quantitative estimate of drug-likeness (QED) is 0.617. The molecular weight excluding hydrogens is 235 g/mol. The van der Waals surface area contributed by atoms with Crippen molar-refractivity contribution in [2.75, 3.05) is 19.5 Å². The van der Waals surface area contributed by atoms with Gasteiger partial charge in [0, 0.05) is 19.7 Å². The summed E-state index contributed by atoms with van der Waals surface area (Å²) in [6.07, 6.45) is -4.57. The van der Waals surface area contributed by atoms with Gasteiger partial charge in [-0.3, -0.25) is 10.6 Å². The van der Waals surface area contributed by atoms with Gasteiger partial charge in [0.25, 0.3) is 5.91 Å². The number of hydrogen-bond donors (Lipinski definition) is 2. The predicted octanol–water partition coefficient (Wildman–Crippen LogP) is 1.69. The Morgan fingerprint density at radius 2 is 1.94 bits per heavy atom. The molecule has 0 atom stereocenters. The Labute approximate surface area is 96.2 Å². The van der Waals surface area contributed by atoms with Crippen molar-refractivity contribution in [1.29, 1.82) is 0 Å². The lowest BCUT2D eigenvalue weighted by atomic mass is 10.1. The number of nitrogens with zero attached hydrogens (tertiary/aromatic N) is 1. The average molecular weight is 247 g/mol.